The summed E-state index contributed by atoms with van der Waals surface area (Å²) in [5.74, 6) is 0.750. The third kappa shape index (κ3) is 8.13. The minimum atomic E-state index is -0.733. The quantitative estimate of drug-likeness (QED) is 0.406. The molecule has 2 aromatic rings. The predicted octanol–water partition coefficient (Wildman–Crippen LogP) is 3.94. The highest BCUT2D eigenvalue weighted by Gasteiger charge is 2.27. The fraction of sp³-hybridized carbons (Fsp3) is 0.483. The summed E-state index contributed by atoms with van der Waals surface area (Å²) in [6.07, 6.45) is 4.48. The summed E-state index contributed by atoms with van der Waals surface area (Å²) in [5, 5.41) is 14.8. The van der Waals surface area contributed by atoms with E-state index in [2.05, 4.69) is 10.6 Å². The number of rotatable bonds is 10. The van der Waals surface area contributed by atoms with Crippen LogP contribution in [0.15, 0.2) is 54.6 Å². The number of para-hydroxylation sites is 1. The lowest BCUT2D eigenvalue weighted by Gasteiger charge is -2.32. The first-order valence-electron chi connectivity index (χ1n) is 13.5. The van der Waals surface area contributed by atoms with E-state index >= 15 is 0 Å². The van der Waals surface area contributed by atoms with Crippen molar-refractivity contribution >= 4 is 17.9 Å². The highest BCUT2D eigenvalue weighted by atomic mass is 16.5. The van der Waals surface area contributed by atoms with Gasteiger partial charge in [0.15, 0.2) is 0 Å². The van der Waals surface area contributed by atoms with Crippen LogP contribution in [0.4, 0.5) is 4.79 Å². The third-order valence-electron chi connectivity index (χ3n) is 7.26. The number of nitrogens with zero attached hydrogens (tertiary/aromatic N) is 1. The number of carboxylic acids is 1. The molecular formula is C29H37N3O6. The molecule has 1 aliphatic carbocycles. The van der Waals surface area contributed by atoms with E-state index in [1.165, 1.54) is 0 Å². The molecule has 0 unspecified atom stereocenters. The molecule has 38 heavy (non-hydrogen) atoms. The maximum Gasteiger partial charge on any atom is 0.317 e. The van der Waals surface area contributed by atoms with E-state index in [1.807, 2.05) is 35.2 Å². The first kappa shape index (κ1) is 27.3. The molecule has 2 fully saturated rings. The van der Waals surface area contributed by atoms with Crippen molar-refractivity contribution in [3.63, 3.8) is 0 Å². The van der Waals surface area contributed by atoms with Gasteiger partial charge in [-0.25, -0.2) is 4.79 Å². The van der Waals surface area contributed by atoms with E-state index in [0.717, 1.165) is 18.6 Å². The molecule has 9 nitrogen and oxygen atoms in total. The monoisotopic (exact) mass is 523 g/mol. The molecule has 0 spiro atoms. The van der Waals surface area contributed by atoms with Crippen LogP contribution in [0, 0.1) is 11.8 Å². The van der Waals surface area contributed by atoms with Gasteiger partial charge in [0, 0.05) is 31.7 Å². The van der Waals surface area contributed by atoms with E-state index in [-0.39, 0.29) is 24.0 Å². The molecule has 0 aromatic heterocycles. The second-order valence-corrected chi connectivity index (χ2v) is 10.00. The molecule has 3 amide bonds. The Bertz CT molecular complexity index is 1050. The Morgan fingerprint density at radius 1 is 0.816 bits per heavy atom. The van der Waals surface area contributed by atoms with Crippen molar-refractivity contribution in [2.45, 2.75) is 44.6 Å². The van der Waals surface area contributed by atoms with Crippen molar-refractivity contribution in [3.05, 3.63) is 60.2 Å². The standard InChI is InChI=1S/C29H37N3O6/c33-27(22-6-10-25(11-7-22)38-26-12-8-23(9-13-26)28(34)35)30-16-17-31-29(36)32-18-14-21(15-19-32)20-37-24-4-2-1-3-5-24/h1-7,10-11,21,23,26H,8-9,12-20H2,(H,30,33)(H,31,36)(H,34,35). The smallest absolute Gasteiger partial charge is 0.317 e. The summed E-state index contributed by atoms with van der Waals surface area (Å²) < 4.78 is 11.8. The molecular weight excluding hydrogens is 486 g/mol. The number of ether oxygens (including phenoxy) is 2. The van der Waals surface area contributed by atoms with Gasteiger partial charge in [0.2, 0.25) is 0 Å². The van der Waals surface area contributed by atoms with Crippen LogP contribution in [0.25, 0.3) is 0 Å². The molecule has 0 bridgehead atoms. The second kappa shape index (κ2) is 13.7. The summed E-state index contributed by atoms with van der Waals surface area (Å²) in [6, 6.07) is 16.6. The largest absolute Gasteiger partial charge is 0.493 e. The van der Waals surface area contributed by atoms with Gasteiger partial charge in [-0.05, 0) is 80.8 Å². The minimum Gasteiger partial charge on any atom is -0.493 e. The number of piperidine rings is 1. The van der Waals surface area contributed by atoms with Gasteiger partial charge in [0.25, 0.3) is 5.91 Å². The number of hydrogen-bond donors (Lipinski definition) is 3. The maximum atomic E-state index is 12.5. The summed E-state index contributed by atoms with van der Waals surface area (Å²) >= 11 is 0. The van der Waals surface area contributed by atoms with Crippen LogP contribution < -0.4 is 20.1 Å². The summed E-state index contributed by atoms with van der Waals surface area (Å²) in [4.78, 5) is 37.8. The van der Waals surface area contributed by atoms with Crippen molar-refractivity contribution in [1.29, 1.82) is 0 Å². The van der Waals surface area contributed by atoms with Gasteiger partial charge in [-0.1, -0.05) is 18.2 Å². The number of urea groups is 1. The zero-order valence-corrected chi connectivity index (χ0v) is 21.6. The number of carboxylic acid groups (broad SMARTS) is 1. The first-order chi connectivity index (χ1) is 18.5. The molecule has 4 rings (SSSR count). The number of nitrogens with one attached hydrogen (secondary N) is 2. The predicted molar refractivity (Wildman–Crippen MR) is 142 cm³/mol. The van der Waals surface area contributed by atoms with E-state index in [4.69, 9.17) is 14.6 Å². The summed E-state index contributed by atoms with van der Waals surface area (Å²) in [5.41, 5.74) is 0.512. The number of carbonyl (C=O) groups excluding carboxylic acids is 2. The molecule has 2 aromatic carbocycles. The lowest BCUT2D eigenvalue weighted by atomic mass is 9.87. The van der Waals surface area contributed by atoms with Crippen LogP contribution in [0.3, 0.4) is 0 Å². The van der Waals surface area contributed by atoms with Crippen LogP contribution >= 0.6 is 0 Å². The average molecular weight is 524 g/mol. The van der Waals surface area contributed by atoms with Gasteiger partial charge in [-0.15, -0.1) is 0 Å². The zero-order valence-electron chi connectivity index (χ0n) is 21.6. The van der Waals surface area contributed by atoms with Gasteiger partial charge in [-0.2, -0.15) is 0 Å². The van der Waals surface area contributed by atoms with Crippen molar-refractivity contribution in [1.82, 2.24) is 15.5 Å². The fourth-order valence-electron chi connectivity index (χ4n) is 4.90. The van der Waals surface area contributed by atoms with Crippen LogP contribution in [0.1, 0.15) is 48.9 Å². The SMILES string of the molecule is O=C(NCCNC(=O)N1CCC(COc2ccccc2)CC1)c1ccc(OC2CCC(C(=O)O)CC2)cc1. The van der Waals surface area contributed by atoms with Gasteiger partial charge in [-0.3, -0.25) is 9.59 Å². The first-order valence-corrected chi connectivity index (χ1v) is 13.5. The molecule has 204 valence electrons. The van der Waals surface area contributed by atoms with E-state index in [1.54, 1.807) is 24.3 Å². The van der Waals surface area contributed by atoms with Crippen LogP contribution in [-0.2, 0) is 4.79 Å². The molecule has 0 radical (unpaired) electrons. The van der Waals surface area contributed by atoms with Gasteiger partial charge in [0.1, 0.15) is 11.5 Å². The van der Waals surface area contributed by atoms with E-state index < -0.39 is 5.97 Å². The molecule has 1 saturated heterocycles. The number of carbonyl (C=O) groups is 3. The van der Waals surface area contributed by atoms with Crippen molar-refractivity contribution < 1.29 is 29.0 Å². The molecule has 2 aliphatic rings. The molecule has 0 atom stereocenters. The lowest BCUT2D eigenvalue weighted by molar-refractivity contribution is -0.143. The Kier molecular flexibility index (Phi) is 9.84. The van der Waals surface area contributed by atoms with Gasteiger partial charge < -0.3 is 30.1 Å². The third-order valence-corrected chi connectivity index (χ3v) is 7.26. The van der Waals surface area contributed by atoms with E-state index in [0.29, 0.717) is 75.7 Å². The molecule has 1 saturated carbocycles. The summed E-state index contributed by atoms with van der Waals surface area (Å²) in [7, 11) is 0. The normalized spacial score (nSPS) is 19.8. The summed E-state index contributed by atoms with van der Waals surface area (Å²) in [6.45, 7) is 2.72. The Balaban J connectivity index is 1.08. The number of likely N-dealkylation sites (tertiary alicyclic amines) is 1. The van der Waals surface area contributed by atoms with Crippen molar-refractivity contribution in [2.24, 2.45) is 11.8 Å². The highest BCUT2D eigenvalue weighted by molar-refractivity contribution is 5.94. The average Bonchev–Trinajstić information content (AvgIpc) is 2.95. The van der Waals surface area contributed by atoms with Crippen LogP contribution in [0.5, 0.6) is 11.5 Å². The number of amides is 3. The Labute approximate surface area is 223 Å². The number of aliphatic carboxylic acids is 1. The second-order valence-electron chi connectivity index (χ2n) is 10.00. The van der Waals surface area contributed by atoms with Crippen LogP contribution in [0.2, 0.25) is 0 Å². The van der Waals surface area contributed by atoms with Gasteiger partial charge in [0.05, 0.1) is 18.6 Å². The minimum absolute atomic E-state index is 0.00213. The lowest BCUT2D eigenvalue weighted by Crippen LogP contribution is -2.46. The topological polar surface area (TPSA) is 117 Å². The number of hydrogen-bond acceptors (Lipinski definition) is 5. The van der Waals surface area contributed by atoms with Crippen LogP contribution in [-0.4, -0.2) is 66.8 Å². The molecule has 9 heteroatoms. The Hall–Kier alpha value is -3.75. The Morgan fingerprint density at radius 3 is 2.13 bits per heavy atom. The zero-order chi connectivity index (χ0) is 26.7. The van der Waals surface area contributed by atoms with Crippen molar-refractivity contribution in [3.8, 4) is 11.5 Å². The van der Waals surface area contributed by atoms with Gasteiger partial charge >= 0.3 is 12.0 Å². The number of benzene rings is 2. The maximum absolute atomic E-state index is 12.5. The Morgan fingerprint density at radius 2 is 1.47 bits per heavy atom. The molecule has 3 N–H and O–H groups in total. The molecule has 1 heterocycles. The molecule has 1 aliphatic heterocycles. The van der Waals surface area contributed by atoms with Crippen molar-refractivity contribution in [2.75, 3.05) is 32.8 Å². The highest BCUT2D eigenvalue weighted by Crippen LogP contribution is 2.28. The van der Waals surface area contributed by atoms with E-state index in [9.17, 15) is 14.4 Å². The fourth-order valence-corrected chi connectivity index (χ4v) is 4.90.